The molecule has 3 aromatic heterocycles. The van der Waals surface area contributed by atoms with E-state index in [1.807, 2.05) is 11.3 Å². The van der Waals surface area contributed by atoms with E-state index in [2.05, 4.69) is 222 Å². The van der Waals surface area contributed by atoms with E-state index in [4.69, 9.17) is 0 Å². The van der Waals surface area contributed by atoms with Crippen LogP contribution in [0.4, 0.5) is 0 Å². The normalized spacial score (nSPS) is 16.0. The first-order valence-electron chi connectivity index (χ1n) is 22.9. The zero-order valence-electron chi connectivity index (χ0n) is 35.6. The molecule has 1 atom stereocenters. The van der Waals surface area contributed by atoms with Gasteiger partial charge in [0.25, 0.3) is 0 Å². The number of aromatic nitrogens is 2. The van der Waals surface area contributed by atoms with Crippen LogP contribution in [0, 0.1) is 5.92 Å². The van der Waals surface area contributed by atoms with Gasteiger partial charge < -0.3 is 9.13 Å². The molecule has 0 amide bonds. The summed E-state index contributed by atoms with van der Waals surface area (Å²) in [5.74, 6) is 0.306. The maximum Gasteiger partial charge on any atom is 0.175 e. The minimum atomic E-state index is -2.85. The highest BCUT2D eigenvalue weighted by atomic mass is 32.1. The molecule has 0 bridgehead atoms. The number of nitrogens with zero attached hydrogens (tertiary/aromatic N) is 2. The molecule has 4 heteroatoms. The van der Waals surface area contributed by atoms with Crippen molar-refractivity contribution in [3.8, 4) is 11.4 Å². The van der Waals surface area contributed by atoms with Crippen molar-refractivity contribution in [3.05, 3.63) is 233 Å². The highest BCUT2D eigenvalue weighted by molar-refractivity contribution is 7.20. The van der Waals surface area contributed by atoms with E-state index in [1.54, 1.807) is 10.8 Å². The lowest BCUT2D eigenvalue weighted by molar-refractivity contribution is 0.814. The summed E-state index contributed by atoms with van der Waals surface area (Å²) < 4.78 is 6.44. The first-order chi connectivity index (χ1) is 31.8. The summed E-state index contributed by atoms with van der Waals surface area (Å²) in [5.41, 5.74) is 12.0. The van der Waals surface area contributed by atoms with Crippen molar-refractivity contribution in [2.75, 3.05) is 0 Å². The van der Waals surface area contributed by atoms with Crippen LogP contribution in [0.3, 0.4) is 0 Å². The van der Waals surface area contributed by atoms with Crippen molar-refractivity contribution < 1.29 is 0 Å². The molecule has 7 aromatic carbocycles. The third-order valence-corrected chi connectivity index (χ3v) is 20.6. The Morgan fingerprint density at radius 2 is 1.20 bits per heavy atom. The number of hydrogen-bond acceptors (Lipinski definition) is 1. The van der Waals surface area contributed by atoms with Gasteiger partial charge in [-0.1, -0.05) is 169 Å². The van der Waals surface area contributed by atoms with E-state index in [1.165, 1.54) is 91.4 Å². The van der Waals surface area contributed by atoms with E-state index < -0.39 is 8.07 Å². The molecular weight excluding hydrogens is 809 g/mol. The zero-order chi connectivity index (χ0) is 42.2. The van der Waals surface area contributed by atoms with Crippen LogP contribution in [0.2, 0.25) is 0 Å². The average molecular weight is 855 g/mol. The predicted octanol–water partition coefficient (Wildman–Crippen LogP) is 13.4. The number of para-hydroxylation sites is 2. The second-order valence-corrected chi connectivity index (χ2v) is 22.7. The third-order valence-electron chi connectivity index (χ3n) is 14.4. The largest absolute Gasteiger partial charge is 0.313 e. The fourth-order valence-electron chi connectivity index (χ4n) is 11.7. The molecule has 3 aliphatic carbocycles. The molecule has 0 fully saturated rings. The quantitative estimate of drug-likeness (QED) is 0.112. The summed E-state index contributed by atoms with van der Waals surface area (Å²) >= 11 is 1.99. The average Bonchev–Trinajstić information content (AvgIpc) is 4.03. The molecule has 0 spiro atoms. The molecule has 0 N–H and O–H groups in total. The molecule has 0 saturated carbocycles. The Morgan fingerprint density at radius 1 is 0.531 bits per heavy atom. The van der Waals surface area contributed by atoms with Crippen LogP contribution in [-0.4, -0.2) is 17.2 Å². The highest BCUT2D eigenvalue weighted by Gasteiger charge is 2.44. The summed E-state index contributed by atoms with van der Waals surface area (Å²) in [6.45, 7) is 0. The molecule has 306 valence electrons. The minimum Gasteiger partial charge on any atom is -0.313 e. The van der Waals surface area contributed by atoms with Crippen molar-refractivity contribution in [2.24, 2.45) is 5.92 Å². The maximum atomic E-state index is 2.56. The van der Waals surface area contributed by atoms with Crippen LogP contribution in [-0.2, 0) is 12.8 Å². The van der Waals surface area contributed by atoms with Crippen LogP contribution in [0.1, 0.15) is 41.0 Å². The van der Waals surface area contributed by atoms with Gasteiger partial charge in [-0.05, 0) is 113 Å². The molecule has 3 aliphatic rings. The molecule has 0 aliphatic heterocycles. The van der Waals surface area contributed by atoms with Gasteiger partial charge in [-0.2, -0.15) is 0 Å². The van der Waals surface area contributed by atoms with Gasteiger partial charge in [-0.15, -0.1) is 11.3 Å². The van der Waals surface area contributed by atoms with Gasteiger partial charge >= 0.3 is 0 Å². The number of aryl methyl sites for hydroxylation is 1. The number of rotatable bonds is 7. The number of benzene rings is 7. The van der Waals surface area contributed by atoms with Gasteiger partial charge in [0.2, 0.25) is 0 Å². The molecule has 0 radical (unpaired) electrons. The van der Waals surface area contributed by atoms with Gasteiger partial charge in [0, 0.05) is 54.3 Å². The van der Waals surface area contributed by atoms with Gasteiger partial charge in [0.1, 0.15) is 0 Å². The summed E-state index contributed by atoms with van der Waals surface area (Å²) in [6, 6.07) is 66.7. The molecule has 3 heterocycles. The molecule has 1 unspecified atom stereocenters. The first-order valence-corrected chi connectivity index (χ1v) is 25.7. The lowest BCUT2D eigenvalue weighted by Crippen LogP contribution is -2.69. The third kappa shape index (κ3) is 5.69. The molecule has 64 heavy (non-hydrogen) atoms. The zero-order valence-corrected chi connectivity index (χ0v) is 37.4. The van der Waals surface area contributed by atoms with Crippen molar-refractivity contribution in [2.45, 2.75) is 32.1 Å². The Bertz CT molecular complexity index is 3550. The number of hydrogen-bond donors (Lipinski definition) is 0. The lowest BCUT2D eigenvalue weighted by atomic mass is 9.85. The van der Waals surface area contributed by atoms with Gasteiger partial charge in [-0.3, -0.25) is 0 Å². The minimum absolute atomic E-state index is 0.306. The second kappa shape index (κ2) is 15.1. The van der Waals surface area contributed by atoms with E-state index in [9.17, 15) is 0 Å². The highest BCUT2D eigenvalue weighted by Crippen LogP contribution is 2.46. The van der Waals surface area contributed by atoms with E-state index in [-0.39, 0.29) is 0 Å². The number of fused-ring (bicyclic) bond motifs is 9. The summed E-state index contributed by atoms with van der Waals surface area (Å²) in [7, 11) is -2.85. The van der Waals surface area contributed by atoms with Crippen molar-refractivity contribution in [1.29, 1.82) is 0 Å². The summed E-state index contributed by atoms with van der Waals surface area (Å²) in [4.78, 5) is 1.49. The Morgan fingerprint density at radius 3 is 2.02 bits per heavy atom. The fourth-order valence-corrected chi connectivity index (χ4v) is 18.1. The topological polar surface area (TPSA) is 9.86 Å². The van der Waals surface area contributed by atoms with Gasteiger partial charge in [-0.25, -0.2) is 0 Å². The Hall–Kier alpha value is -6.98. The van der Waals surface area contributed by atoms with E-state index >= 15 is 0 Å². The molecule has 0 saturated heterocycles. The van der Waals surface area contributed by atoms with Crippen molar-refractivity contribution in [3.63, 3.8) is 0 Å². The Labute approximate surface area is 379 Å². The molecule has 2 nitrogen and oxygen atoms in total. The molecule has 10 aromatic rings. The van der Waals surface area contributed by atoms with E-state index in [0.717, 1.165) is 32.1 Å². The smallest absolute Gasteiger partial charge is 0.175 e. The first kappa shape index (κ1) is 37.6. The van der Waals surface area contributed by atoms with Gasteiger partial charge in [0.15, 0.2) is 8.07 Å². The predicted molar refractivity (Wildman–Crippen MR) is 276 cm³/mol. The van der Waals surface area contributed by atoms with Crippen LogP contribution < -0.4 is 15.6 Å². The molecular formula is C60H46N2SSi. The lowest BCUT2D eigenvalue weighted by Gasteiger charge is -2.39. The SMILES string of the molecule is C1=CC(C2=CCCc3c2sc2ccccc32)CC([Si](c2ccccc2)(c2ccccc2)c2cccc(-n3c4ccccc4c4cc(-n5c6c(c7ccccc75)C=CCC6)ccc43)c2)=C1. The second-order valence-electron chi connectivity index (χ2n) is 17.7. The maximum absolute atomic E-state index is 2.85. The summed E-state index contributed by atoms with van der Waals surface area (Å²) in [5, 5.41) is 11.1. The number of thiophene rings is 1. The van der Waals surface area contributed by atoms with Crippen molar-refractivity contribution >= 4 is 89.4 Å². The fraction of sp³-hybridized carbons (Fsp3) is 0.100. The van der Waals surface area contributed by atoms with Crippen LogP contribution in [0.5, 0.6) is 0 Å². The molecule has 13 rings (SSSR count). The summed E-state index contributed by atoms with van der Waals surface area (Å²) in [6.07, 6.45) is 19.9. The van der Waals surface area contributed by atoms with Crippen LogP contribution in [0.25, 0.3) is 65.8 Å². The van der Waals surface area contributed by atoms with Crippen molar-refractivity contribution in [1.82, 2.24) is 9.13 Å². The Balaban J connectivity index is 0.990. The van der Waals surface area contributed by atoms with E-state index in [0.29, 0.717) is 5.92 Å². The van der Waals surface area contributed by atoms with Crippen LogP contribution >= 0.6 is 11.3 Å². The van der Waals surface area contributed by atoms with Gasteiger partial charge in [0.05, 0.1) is 16.6 Å². The standard InChI is InChI=1S/C60H46N2SSi/c1-3-20-44(21-4-1)64(45-22-5-2-6-23-45,46-24-15-18-41(38-46)48-30-17-31-53-52-29-10-14-35-59(52)63-60(48)53)47-25-16-19-42(39-47)61-57-34-13-9-28-51(57)54-40-43(36-37-58(54)61)62-55-32-11-7-26-49(55)50-27-8-12-33-56(50)62/h1-11,13-16,18-30,32,34-37,39-41H,12,17,31,33,38H2. The monoisotopic (exact) mass is 854 g/mol. The van der Waals surface area contributed by atoms with Crippen LogP contribution in [0.15, 0.2) is 212 Å². The Kier molecular flexibility index (Phi) is 8.85. The number of allylic oxidation sites excluding steroid dienone is 7.